The van der Waals surface area contributed by atoms with Crippen LogP contribution in [0.4, 0.5) is 18.9 Å². The number of amides is 1. The Morgan fingerprint density at radius 1 is 1.19 bits per heavy atom. The average molecular weight is 518 g/mol. The molecule has 3 heterocycles. The lowest BCUT2D eigenvalue weighted by Crippen LogP contribution is -2.38. The molecule has 0 radical (unpaired) electrons. The van der Waals surface area contributed by atoms with E-state index in [0.717, 1.165) is 0 Å². The summed E-state index contributed by atoms with van der Waals surface area (Å²) in [6, 6.07) is 11.4. The zero-order chi connectivity index (χ0) is 26.3. The molecule has 37 heavy (non-hydrogen) atoms. The molecule has 9 nitrogen and oxygen atoms in total. The van der Waals surface area contributed by atoms with E-state index < -0.39 is 24.6 Å². The van der Waals surface area contributed by atoms with Gasteiger partial charge in [-0.25, -0.2) is 4.68 Å². The number of ether oxygens (including phenoxy) is 2. The molecule has 1 amide bonds. The first-order chi connectivity index (χ1) is 17.7. The summed E-state index contributed by atoms with van der Waals surface area (Å²) in [5, 5.41) is 22.8. The number of nitrogens with zero attached hydrogens (tertiary/aromatic N) is 4. The summed E-state index contributed by atoms with van der Waals surface area (Å²) in [6.07, 6.45) is -5.47. The predicted molar refractivity (Wildman–Crippen MR) is 126 cm³/mol. The highest BCUT2D eigenvalue weighted by Crippen LogP contribution is 2.37. The molecule has 0 aliphatic carbocycles. The van der Waals surface area contributed by atoms with Gasteiger partial charge in [-0.1, -0.05) is 6.07 Å². The van der Waals surface area contributed by atoms with Gasteiger partial charge in [0.05, 0.1) is 24.1 Å². The van der Waals surface area contributed by atoms with Gasteiger partial charge in [0.25, 0.3) is 5.91 Å². The molecule has 0 saturated heterocycles. The number of aliphatic hydroxyl groups excluding tert-OH is 2. The molecule has 1 aromatic heterocycles. The summed E-state index contributed by atoms with van der Waals surface area (Å²) < 4.78 is 53.6. The van der Waals surface area contributed by atoms with E-state index in [0.29, 0.717) is 35.1 Å². The Balaban J connectivity index is 1.45. The summed E-state index contributed by atoms with van der Waals surface area (Å²) in [5.74, 6) is 0.746. The molecule has 0 saturated carbocycles. The van der Waals surface area contributed by atoms with E-state index in [-0.39, 0.29) is 43.3 Å². The second kappa shape index (κ2) is 9.69. The lowest BCUT2D eigenvalue weighted by atomic mass is 10.0. The number of benzene rings is 2. The van der Waals surface area contributed by atoms with E-state index in [4.69, 9.17) is 14.6 Å². The molecule has 2 aliphatic rings. The maximum atomic E-state index is 13.9. The lowest BCUT2D eigenvalue weighted by molar-refractivity contribution is -0.142. The van der Waals surface area contributed by atoms with Crippen molar-refractivity contribution in [2.45, 2.75) is 25.2 Å². The van der Waals surface area contributed by atoms with Crippen LogP contribution < -0.4 is 14.4 Å². The van der Waals surface area contributed by atoms with Crippen molar-refractivity contribution < 1.29 is 37.7 Å². The number of halogens is 3. The molecular formula is C25H25F3N4O5. The monoisotopic (exact) mass is 518 g/mol. The quantitative estimate of drug-likeness (QED) is 0.518. The molecule has 196 valence electrons. The molecule has 12 heteroatoms. The Morgan fingerprint density at radius 3 is 2.73 bits per heavy atom. The minimum Gasteiger partial charge on any atom is -0.454 e. The Bertz CT molecular complexity index is 1330. The van der Waals surface area contributed by atoms with Gasteiger partial charge >= 0.3 is 6.18 Å². The predicted octanol–water partition coefficient (Wildman–Crippen LogP) is 2.61. The summed E-state index contributed by atoms with van der Waals surface area (Å²) in [4.78, 5) is 16.3. The van der Waals surface area contributed by atoms with Crippen molar-refractivity contribution in [1.82, 2.24) is 14.7 Å². The fourth-order valence-corrected chi connectivity index (χ4v) is 4.60. The summed E-state index contributed by atoms with van der Waals surface area (Å²) in [7, 11) is 1.60. The van der Waals surface area contributed by atoms with Gasteiger partial charge in [-0.05, 0) is 30.3 Å². The molecule has 0 bridgehead atoms. The third-order valence-electron chi connectivity index (χ3n) is 6.47. The van der Waals surface area contributed by atoms with E-state index in [1.165, 1.54) is 15.6 Å². The van der Waals surface area contributed by atoms with Gasteiger partial charge in [0, 0.05) is 56.0 Å². The molecule has 0 unspecified atom stereocenters. The van der Waals surface area contributed by atoms with Crippen LogP contribution in [-0.2, 0) is 19.1 Å². The van der Waals surface area contributed by atoms with E-state index >= 15 is 0 Å². The van der Waals surface area contributed by atoms with Gasteiger partial charge < -0.3 is 24.6 Å². The largest absolute Gasteiger partial charge is 0.454 e. The van der Waals surface area contributed by atoms with Crippen LogP contribution in [0.5, 0.6) is 11.5 Å². The molecule has 1 atom stereocenters. The van der Waals surface area contributed by atoms with Crippen LogP contribution in [0.3, 0.4) is 0 Å². The van der Waals surface area contributed by atoms with Gasteiger partial charge in [-0.15, -0.1) is 0 Å². The highest BCUT2D eigenvalue weighted by Gasteiger charge is 2.41. The standard InChI is InChI=1S/C25H25F3N4O5/c1-30(16-5-6-21-22(10-16)37-14-36-21)24(35)15-3-2-4-17(9-15)32-20-7-8-31(11-18(34)13-33)12-19(20)23(29-32)25(26,27)28/h2-6,9-10,18,33-34H,7-8,11-14H2,1H3/t18-/m1/s1. The number of β-amino-alcohol motifs (C(OH)–C–C–N with tert-alkyl or cyclic N) is 1. The number of anilines is 1. The topological polar surface area (TPSA) is 100 Å². The Kier molecular flexibility index (Phi) is 6.56. The second-order valence-electron chi connectivity index (χ2n) is 8.96. The smallest absolute Gasteiger partial charge is 0.435 e. The summed E-state index contributed by atoms with van der Waals surface area (Å²) in [6.45, 7) is 0.00246. The third kappa shape index (κ3) is 4.87. The Labute approximate surface area is 210 Å². The highest BCUT2D eigenvalue weighted by molar-refractivity contribution is 6.06. The van der Waals surface area contributed by atoms with Crippen molar-refractivity contribution in [3.8, 4) is 17.2 Å². The van der Waals surface area contributed by atoms with Gasteiger partial charge in [0.2, 0.25) is 6.79 Å². The zero-order valence-corrected chi connectivity index (χ0v) is 19.9. The molecule has 3 aromatic rings. The lowest BCUT2D eigenvalue weighted by Gasteiger charge is -2.29. The minimum atomic E-state index is -4.68. The number of fused-ring (bicyclic) bond motifs is 2. The van der Waals surface area contributed by atoms with Gasteiger partial charge in [0.1, 0.15) is 0 Å². The fourth-order valence-electron chi connectivity index (χ4n) is 4.60. The van der Waals surface area contributed by atoms with E-state index in [2.05, 4.69) is 5.10 Å². The van der Waals surface area contributed by atoms with Gasteiger partial charge in [-0.2, -0.15) is 18.3 Å². The van der Waals surface area contributed by atoms with Crippen molar-refractivity contribution in [2.24, 2.45) is 0 Å². The van der Waals surface area contributed by atoms with Gasteiger partial charge in [0.15, 0.2) is 17.2 Å². The third-order valence-corrected chi connectivity index (χ3v) is 6.47. The first-order valence-corrected chi connectivity index (χ1v) is 11.6. The van der Waals surface area contributed by atoms with E-state index in [1.54, 1.807) is 48.3 Å². The van der Waals surface area contributed by atoms with Crippen LogP contribution in [0.15, 0.2) is 42.5 Å². The van der Waals surface area contributed by atoms with Crippen molar-refractivity contribution in [3.63, 3.8) is 0 Å². The average Bonchev–Trinajstić information content (AvgIpc) is 3.51. The molecule has 2 aliphatic heterocycles. The zero-order valence-electron chi connectivity index (χ0n) is 19.9. The molecule has 0 fully saturated rings. The molecule has 2 aromatic carbocycles. The first-order valence-electron chi connectivity index (χ1n) is 11.6. The second-order valence-corrected chi connectivity index (χ2v) is 8.96. The van der Waals surface area contributed by atoms with Crippen LogP contribution in [-0.4, -0.2) is 70.4 Å². The highest BCUT2D eigenvalue weighted by atomic mass is 19.4. The van der Waals surface area contributed by atoms with Crippen molar-refractivity contribution in [1.29, 1.82) is 0 Å². The number of rotatable bonds is 6. The number of alkyl halides is 3. The van der Waals surface area contributed by atoms with Crippen molar-refractivity contribution in [3.05, 3.63) is 65.0 Å². The Hall–Kier alpha value is -3.61. The van der Waals surface area contributed by atoms with Gasteiger partial charge in [-0.3, -0.25) is 9.69 Å². The number of hydrogen-bond acceptors (Lipinski definition) is 7. The van der Waals surface area contributed by atoms with Crippen molar-refractivity contribution in [2.75, 3.05) is 38.4 Å². The van der Waals surface area contributed by atoms with Crippen LogP contribution in [0, 0.1) is 0 Å². The molecule has 2 N–H and O–H groups in total. The molecule has 5 rings (SSSR count). The molecule has 0 spiro atoms. The SMILES string of the molecule is CN(C(=O)c1cccc(-n2nc(C(F)(F)F)c3c2CCN(C[C@@H](O)CO)C3)c1)c1ccc2c(c1)OCO2. The number of carbonyl (C=O) groups excluding carboxylic acids is 1. The van der Waals surface area contributed by atoms with Crippen LogP contribution in [0.1, 0.15) is 27.3 Å². The maximum absolute atomic E-state index is 13.9. The number of aliphatic hydroxyl groups is 2. The van der Waals surface area contributed by atoms with E-state index in [9.17, 15) is 23.1 Å². The number of aromatic nitrogens is 2. The normalized spacial score (nSPS) is 15.9. The number of carbonyl (C=O) groups is 1. The molecular weight excluding hydrogens is 493 g/mol. The summed E-state index contributed by atoms with van der Waals surface area (Å²) in [5.41, 5.74) is 0.605. The van der Waals surface area contributed by atoms with E-state index in [1.807, 2.05) is 0 Å². The van der Waals surface area contributed by atoms with Crippen LogP contribution >= 0.6 is 0 Å². The Morgan fingerprint density at radius 2 is 1.97 bits per heavy atom. The van der Waals surface area contributed by atoms with Crippen LogP contribution in [0.2, 0.25) is 0 Å². The fraction of sp³-hybridized carbons (Fsp3) is 0.360. The summed E-state index contributed by atoms with van der Waals surface area (Å²) >= 11 is 0. The maximum Gasteiger partial charge on any atom is 0.435 e. The van der Waals surface area contributed by atoms with Crippen LogP contribution in [0.25, 0.3) is 5.69 Å². The minimum absolute atomic E-state index is 0.0260. The first kappa shape index (κ1) is 25.1. The number of hydrogen-bond donors (Lipinski definition) is 2. The van der Waals surface area contributed by atoms with Crippen molar-refractivity contribution >= 4 is 11.6 Å².